The van der Waals surface area contributed by atoms with Crippen LogP contribution in [0.1, 0.15) is 5.56 Å². The molecule has 0 amide bonds. The van der Waals surface area contributed by atoms with Gasteiger partial charge in [-0.2, -0.15) is 0 Å². The van der Waals surface area contributed by atoms with Crippen molar-refractivity contribution in [2.45, 2.75) is 6.92 Å². The minimum Gasteiger partial charge on any atom is -0.497 e. The molecule has 6 heteroatoms. The number of rotatable bonds is 2. The lowest BCUT2D eigenvalue weighted by Gasteiger charge is -2.10. The highest BCUT2D eigenvalue weighted by Gasteiger charge is 2.13. The maximum atomic E-state index is 6.04. The summed E-state index contributed by atoms with van der Waals surface area (Å²) in [6.07, 6.45) is 1.73. The van der Waals surface area contributed by atoms with Gasteiger partial charge in [0.05, 0.1) is 12.8 Å². The van der Waals surface area contributed by atoms with E-state index in [4.69, 9.17) is 10.5 Å². The lowest BCUT2D eigenvalue weighted by Crippen LogP contribution is -2.03. The van der Waals surface area contributed by atoms with Crippen LogP contribution < -0.4 is 10.5 Å². The van der Waals surface area contributed by atoms with E-state index in [0.717, 1.165) is 32.6 Å². The Balaban J connectivity index is 2.26. The number of nitrogen functional groups attached to an aromatic ring is 1. The van der Waals surface area contributed by atoms with E-state index in [2.05, 4.69) is 25.9 Å². The van der Waals surface area contributed by atoms with Crippen LogP contribution in [0.15, 0.2) is 34.9 Å². The molecule has 0 aliphatic carbocycles. The van der Waals surface area contributed by atoms with Crippen molar-refractivity contribution in [3.8, 4) is 11.4 Å². The predicted molar refractivity (Wildman–Crippen MR) is 82.3 cm³/mol. The second kappa shape index (κ2) is 4.79. The third kappa shape index (κ3) is 2.02. The maximum Gasteiger partial charge on any atom is 0.207 e. The normalized spacial score (nSPS) is 10.9. The Kier molecular flexibility index (Phi) is 3.10. The zero-order chi connectivity index (χ0) is 14.3. The fourth-order valence-corrected chi connectivity index (χ4v) is 2.52. The van der Waals surface area contributed by atoms with Crippen molar-refractivity contribution < 1.29 is 4.74 Å². The van der Waals surface area contributed by atoms with Crippen molar-refractivity contribution in [2.75, 3.05) is 12.8 Å². The molecule has 2 aromatic heterocycles. The highest BCUT2D eigenvalue weighted by Crippen LogP contribution is 2.27. The van der Waals surface area contributed by atoms with Crippen molar-refractivity contribution in [1.82, 2.24) is 14.5 Å². The number of hydrogen-bond acceptors (Lipinski definition) is 4. The van der Waals surface area contributed by atoms with Crippen LogP contribution in [0, 0.1) is 6.92 Å². The number of hydrogen-bond donors (Lipinski definition) is 1. The van der Waals surface area contributed by atoms with Gasteiger partial charge in [0.25, 0.3) is 0 Å². The zero-order valence-electron chi connectivity index (χ0n) is 11.1. The minimum absolute atomic E-state index is 0.416. The number of halogens is 1. The molecule has 1 aromatic carbocycles. The number of anilines is 1. The number of aryl methyl sites for hydroxylation is 1. The molecule has 2 N–H and O–H groups in total. The largest absolute Gasteiger partial charge is 0.497 e. The topological polar surface area (TPSA) is 66.0 Å². The molecular formula is C14H13BrN4O. The Morgan fingerprint density at radius 3 is 2.80 bits per heavy atom. The summed E-state index contributed by atoms with van der Waals surface area (Å²) in [5.41, 5.74) is 9.52. The van der Waals surface area contributed by atoms with E-state index in [1.807, 2.05) is 35.8 Å². The first-order chi connectivity index (χ1) is 9.60. The van der Waals surface area contributed by atoms with Gasteiger partial charge < -0.3 is 10.5 Å². The summed E-state index contributed by atoms with van der Waals surface area (Å²) in [4.78, 5) is 8.75. The number of nitrogens with zero attached hydrogens (tertiary/aromatic N) is 3. The number of benzene rings is 1. The molecule has 0 aliphatic rings. The molecule has 0 unspecified atom stereocenters. The summed E-state index contributed by atoms with van der Waals surface area (Å²) < 4.78 is 7.94. The molecular weight excluding hydrogens is 320 g/mol. The first kappa shape index (κ1) is 12.9. The maximum absolute atomic E-state index is 6.04. The highest BCUT2D eigenvalue weighted by molar-refractivity contribution is 9.10. The standard InChI is InChI=1S/C14H13BrN4O/c1-8-5-10(20-2)3-4-12(8)19-13-11(18-14(19)16)6-9(15)7-17-13/h3-7H,1-2H3,(H2,16,18). The van der Waals surface area contributed by atoms with Gasteiger partial charge in [0.2, 0.25) is 5.95 Å². The Morgan fingerprint density at radius 1 is 1.30 bits per heavy atom. The van der Waals surface area contributed by atoms with Crippen LogP contribution >= 0.6 is 15.9 Å². The smallest absolute Gasteiger partial charge is 0.207 e. The van der Waals surface area contributed by atoms with Crippen LogP contribution in [0.25, 0.3) is 16.9 Å². The summed E-state index contributed by atoms with van der Waals surface area (Å²) in [5.74, 6) is 1.23. The number of fused-ring (bicyclic) bond motifs is 1. The van der Waals surface area contributed by atoms with E-state index >= 15 is 0 Å². The molecule has 0 fully saturated rings. The van der Waals surface area contributed by atoms with Crippen LogP contribution in [0.2, 0.25) is 0 Å². The summed E-state index contributed by atoms with van der Waals surface area (Å²) in [6, 6.07) is 7.70. The van der Waals surface area contributed by atoms with E-state index in [1.165, 1.54) is 0 Å². The summed E-state index contributed by atoms with van der Waals surface area (Å²) in [6.45, 7) is 2.00. The first-order valence-corrected chi connectivity index (χ1v) is 6.84. The molecule has 0 radical (unpaired) electrons. The van der Waals surface area contributed by atoms with Gasteiger partial charge in [-0.3, -0.25) is 4.57 Å². The SMILES string of the molecule is COc1ccc(-n2c(N)nc3cc(Br)cnc32)c(C)c1. The fourth-order valence-electron chi connectivity index (χ4n) is 2.20. The summed E-state index contributed by atoms with van der Waals surface area (Å²) in [5, 5.41) is 0. The van der Waals surface area contributed by atoms with Gasteiger partial charge in [-0.25, -0.2) is 9.97 Å². The van der Waals surface area contributed by atoms with Gasteiger partial charge in [0, 0.05) is 10.7 Å². The van der Waals surface area contributed by atoms with Crippen molar-refractivity contribution in [1.29, 1.82) is 0 Å². The van der Waals surface area contributed by atoms with Crippen molar-refractivity contribution in [3.63, 3.8) is 0 Å². The number of methoxy groups -OCH3 is 1. The minimum atomic E-state index is 0.416. The molecule has 0 saturated heterocycles. The molecule has 0 saturated carbocycles. The van der Waals surface area contributed by atoms with Crippen LogP contribution in [-0.2, 0) is 0 Å². The molecule has 5 nitrogen and oxygen atoms in total. The van der Waals surface area contributed by atoms with E-state index in [0.29, 0.717) is 5.95 Å². The van der Waals surface area contributed by atoms with Crippen molar-refractivity contribution in [3.05, 3.63) is 40.5 Å². The molecule has 0 spiro atoms. The second-order valence-corrected chi connectivity index (χ2v) is 5.37. The Labute approximate surface area is 124 Å². The van der Waals surface area contributed by atoms with E-state index in [9.17, 15) is 0 Å². The van der Waals surface area contributed by atoms with Crippen molar-refractivity contribution >= 4 is 33.0 Å². The van der Waals surface area contributed by atoms with Gasteiger partial charge in [-0.1, -0.05) is 0 Å². The average Bonchev–Trinajstić information content (AvgIpc) is 2.73. The average molecular weight is 333 g/mol. The van der Waals surface area contributed by atoms with Crippen LogP contribution in [0.5, 0.6) is 5.75 Å². The van der Waals surface area contributed by atoms with Gasteiger partial charge in [0.15, 0.2) is 5.65 Å². The molecule has 102 valence electrons. The Hall–Kier alpha value is -2.08. The highest BCUT2D eigenvalue weighted by atomic mass is 79.9. The van der Waals surface area contributed by atoms with Gasteiger partial charge >= 0.3 is 0 Å². The molecule has 3 rings (SSSR count). The third-order valence-corrected chi connectivity index (χ3v) is 3.57. The Morgan fingerprint density at radius 2 is 2.10 bits per heavy atom. The van der Waals surface area contributed by atoms with Crippen LogP contribution in [-0.4, -0.2) is 21.6 Å². The molecule has 20 heavy (non-hydrogen) atoms. The lowest BCUT2D eigenvalue weighted by atomic mass is 10.2. The number of ether oxygens (including phenoxy) is 1. The van der Waals surface area contributed by atoms with Crippen molar-refractivity contribution in [2.24, 2.45) is 0 Å². The molecule has 0 aliphatic heterocycles. The number of pyridine rings is 1. The summed E-state index contributed by atoms with van der Waals surface area (Å²) in [7, 11) is 1.65. The number of nitrogens with two attached hydrogens (primary N) is 1. The number of imidazole rings is 1. The third-order valence-electron chi connectivity index (χ3n) is 3.13. The van der Waals surface area contributed by atoms with Gasteiger partial charge in [-0.15, -0.1) is 0 Å². The quantitative estimate of drug-likeness (QED) is 0.783. The molecule has 3 aromatic rings. The zero-order valence-corrected chi connectivity index (χ0v) is 12.7. The van der Waals surface area contributed by atoms with E-state index in [-0.39, 0.29) is 0 Å². The second-order valence-electron chi connectivity index (χ2n) is 4.45. The molecule has 0 atom stereocenters. The first-order valence-electron chi connectivity index (χ1n) is 6.04. The Bertz CT molecular complexity index is 797. The van der Waals surface area contributed by atoms with E-state index < -0.39 is 0 Å². The van der Waals surface area contributed by atoms with E-state index in [1.54, 1.807) is 13.3 Å². The van der Waals surface area contributed by atoms with Crippen LogP contribution in [0.4, 0.5) is 5.95 Å². The van der Waals surface area contributed by atoms with Gasteiger partial charge in [0.1, 0.15) is 11.3 Å². The number of aromatic nitrogens is 3. The predicted octanol–water partition coefficient (Wildman–Crippen LogP) is 3.08. The lowest BCUT2D eigenvalue weighted by molar-refractivity contribution is 0.414. The monoisotopic (exact) mass is 332 g/mol. The van der Waals surface area contributed by atoms with Crippen LogP contribution in [0.3, 0.4) is 0 Å². The van der Waals surface area contributed by atoms with Gasteiger partial charge in [-0.05, 0) is 52.7 Å². The summed E-state index contributed by atoms with van der Waals surface area (Å²) >= 11 is 3.39. The molecule has 2 heterocycles. The fraction of sp³-hybridized carbons (Fsp3) is 0.143. The molecule has 0 bridgehead atoms.